The Hall–Kier alpha value is -2.24. The number of nitrogens with one attached hydrogen (secondary N) is 2. The molecule has 0 aromatic heterocycles. The largest absolute Gasteiger partial charge is 0.484 e. The van der Waals surface area contributed by atoms with Crippen LogP contribution in [0.4, 0.5) is 5.69 Å². The van der Waals surface area contributed by atoms with Crippen LogP contribution >= 0.6 is 0 Å². The first-order valence-electron chi connectivity index (χ1n) is 5.99. The summed E-state index contributed by atoms with van der Waals surface area (Å²) in [6, 6.07) is 6.20. The van der Waals surface area contributed by atoms with Crippen molar-refractivity contribution in [3.8, 4) is 5.75 Å². The van der Waals surface area contributed by atoms with E-state index in [4.69, 9.17) is 9.84 Å². The standard InChI is InChI=1S/C13H18N2O4/c1-3-11(13(17)18)15-9-5-4-6-10(7-9)19-8-12(16)14-2/h4-7,11,15H,3,8H2,1-2H3,(H,14,16)(H,17,18). The summed E-state index contributed by atoms with van der Waals surface area (Å²) in [7, 11) is 1.53. The van der Waals surface area contributed by atoms with E-state index in [9.17, 15) is 9.59 Å². The Balaban J connectivity index is 2.66. The molecular formula is C13H18N2O4. The maximum absolute atomic E-state index is 11.1. The van der Waals surface area contributed by atoms with Gasteiger partial charge in [-0.05, 0) is 18.6 Å². The molecule has 0 aliphatic rings. The van der Waals surface area contributed by atoms with E-state index in [1.165, 1.54) is 7.05 Å². The third-order valence-electron chi connectivity index (χ3n) is 2.53. The molecule has 104 valence electrons. The van der Waals surface area contributed by atoms with E-state index in [-0.39, 0.29) is 12.5 Å². The van der Waals surface area contributed by atoms with Crippen LogP contribution in [0.25, 0.3) is 0 Å². The van der Waals surface area contributed by atoms with Gasteiger partial charge in [0.15, 0.2) is 6.61 Å². The third-order valence-corrected chi connectivity index (χ3v) is 2.53. The number of hydrogen-bond acceptors (Lipinski definition) is 4. The zero-order chi connectivity index (χ0) is 14.3. The second-order valence-electron chi connectivity index (χ2n) is 3.93. The quantitative estimate of drug-likeness (QED) is 0.687. The SMILES string of the molecule is CCC(Nc1cccc(OCC(=O)NC)c1)C(=O)O. The molecule has 0 spiro atoms. The summed E-state index contributed by atoms with van der Waals surface area (Å²) >= 11 is 0. The molecule has 0 aliphatic heterocycles. The number of carbonyl (C=O) groups is 2. The van der Waals surface area contributed by atoms with Crippen molar-refractivity contribution < 1.29 is 19.4 Å². The number of carboxylic acids is 1. The van der Waals surface area contributed by atoms with Crippen molar-refractivity contribution in [1.82, 2.24) is 5.32 Å². The smallest absolute Gasteiger partial charge is 0.326 e. The molecule has 3 N–H and O–H groups in total. The van der Waals surface area contributed by atoms with Gasteiger partial charge in [-0.2, -0.15) is 0 Å². The van der Waals surface area contributed by atoms with Crippen LogP contribution in [-0.4, -0.2) is 36.7 Å². The minimum absolute atomic E-state index is 0.0733. The molecule has 6 nitrogen and oxygen atoms in total. The van der Waals surface area contributed by atoms with Crippen LogP contribution in [-0.2, 0) is 9.59 Å². The lowest BCUT2D eigenvalue weighted by Gasteiger charge is -2.14. The van der Waals surface area contributed by atoms with E-state index < -0.39 is 12.0 Å². The summed E-state index contributed by atoms with van der Waals surface area (Å²) < 4.78 is 5.28. The number of rotatable bonds is 7. The molecule has 0 aliphatic carbocycles. The first-order chi connectivity index (χ1) is 9.06. The number of benzene rings is 1. The molecule has 0 saturated heterocycles. The van der Waals surface area contributed by atoms with E-state index in [0.29, 0.717) is 17.9 Å². The summed E-state index contributed by atoms with van der Waals surface area (Å²) in [6.45, 7) is 1.72. The van der Waals surface area contributed by atoms with E-state index in [0.717, 1.165) is 0 Å². The topological polar surface area (TPSA) is 87.7 Å². The fraction of sp³-hybridized carbons (Fsp3) is 0.385. The van der Waals surface area contributed by atoms with Crippen molar-refractivity contribution in [2.45, 2.75) is 19.4 Å². The van der Waals surface area contributed by atoms with Crippen molar-refractivity contribution in [3.05, 3.63) is 24.3 Å². The molecule has 1 aromatic rings. The molecule has 1 aromatic carbocycles. The third kappa shape index (κ3) is 4.87. The van der Waals surface area contributed by atoms with Gasteiger partial charge in [0.05, 0.1) is 0 Å². The van der Waals surface area contributed by atoms with Crippen LogP contribution in [0.2, 0.25) is 0 Å². The van der Waals surface area contributed by atoms with E-state index in [2.05, 4.69) is 10.6 Å². The fourth-order valence-corrected chi connectivity index (χ4v) is 1.44. The molecule has 1 unspecified atom stereocenters. The minimum atomic E-state index is -0.904. The zero-order valence-electron chi connectivity index (χ0n) is 11.0. The number of amides is 1. The van der Waals surface area contributed by atoms with Crippen molar-refractivity contribution >= 4 is 17.6 Å². The van der Waals surface area contributed by atoms with Crippen molar-refractivity contribution in [1.29, 1.82) is 0 Å². The average Bonchev–Trinajstić information content (AvgIpc) is 2.42. The monoisotopic (exact) mass is 266 g/mol. The van der Waals surface area contributed by atoms with Gasteiger partial charge in [0.25, 0.3) is 5.91 Å². The molecule has 0 fully saturated rings. The van der Waals surface area contributed by atoms with E-state index in [1.807, 2.05) is 0 Å². The van der Waals surface area contributed by atoms with Crippen molar-refractivity contribution in [2.24, 2.45) is 0 Å². The van der Waals surface area contributed by atoms with E-state index >= 15 is 0 Å². The van der Waals surface area contributed by atoms with Gasteiger partial charge in [0, 0.05) is 18.8 Å². The molecule has 1 atom stereocenters. The van der Waals surface area contributed by atoms with Crippen molar-refractivity contribution in [2.75, 3.05) is 19.0 Å². The van der Waals surface area contributed by atoms with Gasteiger partial charge in [-0.1, -0.05) is 13.0 Å². The van der Waals surface area contributed by atoms with Crippen LogP contribution in [0.1, 0.15) is 13.3 Å². The van der Waals surface area contributed by atoms with Gasteiger partial charge in [0.2, 0.25) is 0 Å². The predicted octanol–water partition coefficient (Wildman–Crippen LogP) is 1.09. The molecule has 1 amide bonds. The molecule has 0 saturated carbocycles. The van der Waals surface area contributed by atoms with Crippen LogP contribution in [0.15, 0.2) is 24.3 Å². The molecule has 0 bridgehead atoms. The lowest BCUT2D eigenvalue weighted by molar-refractivity contribution is -0.138. The summed E-state index contributed by atoms with van der Waals surface area (Å²) in [5.41, 5.74) is 0.642. The van der Waals surface area contributed by atoms with Crippen LogP contribution in [0.3, 0.4) is 0 Å². The normalized spacial score (nSPS) is 11.5. The van der Waals surface area contributed by atoms with Crippen LogP contribution in [0.5, 0.6) is 5.75 Å². The highest BCUT2D eigenvalue weighted by atomic mass is 16.5. The number of hydrogen-bond donors (Lipinski definition) is 3. The molecule has 0 heterocycles. The average molecular weight is 266 g/mol. The first kappa shape index (κ1) is 14.8. The van der Waals surface area contributed by atoms with Gasteiger partial charge in [-0.25, -0.2) is 4.79 Å². The summed E-state index contributed by atoms with van der Waals surface area (Å²) in [5, 5.41) is 14.3. The highest BCUT2D eigenvalue weighted by molar-refractivity contribution is 5.78. The Morgan fingerprint density at radius 2 is 2.16 bits per heavy atom. The number of carbonyl (C=O) groups excluding carboxylic acids is 1. The second kappa shape index (κ2) is 7.25. The lowest BCUT2D eigenvalue weighted by Crippen LogP contribution is -2.28. The number of anilines is 1. The van der Waals surface area contributed by atoms with Gasteiger partial charge in [0.1, 0.15) is 11.8 Å². The molecule has 0 radical (unpaired) electrons. The highest BCUT2D eigenvalue weighted by Crippen LogP contribution is 2.18. The summed E-state index contributed by atoms with van der Waals surface area (Å²) in [6.07, 6.45) is 0.471. The number of ether oxygens (including phenoxy) is 1. The van der Waals surface area contributed by atoms with Gasteiger partial charge >= 0.3 is 5.97 Å². The van der Waals surface area contributed by atoms with Gasteiger partial charge < -0.3 is 20.5 Å². The lowest BCUT2D eigenvalue weighted by atomic mass is 10.2. The Labute approximate surface area is 111 Å². The van der Waals surface area contributed by atoms with Gasteiger partial charge in [-0.3, -0.25) is 4.79 Å². The van der Waals surface area contributed by atoms with Crippen molar-refractivity contribution in [3.63, 3.8) is 0 Å². The minimum Gasteiger partial charge on any atom is -0.484 e. The van der Waals surface area contributed by atoms with E-state index in [1.54, 1.807) is 31.2 Å². The molecule has 1 rings (SSSR count). The molecule has 19 heavy (non-hydrogen) atoms. The first-order valence-corrected chi connectivity index (χ1v) is 5.99. The maximum atomic E-state index is 11.1. The fourth-order valence-electron chi connectivity index (χ4n) is 1.44. The Morgan fingerprint density at radius 1 is 1.42 bits per heavy atom. The summed E-state index contributed by atoms with van der Waals surface area (Å²) in [4.78, 5) is 22.0. The Kier molecular flexibility index (Phi) is 5.66. The summed E-state index contributed by atoms with van der Waals surface area (Å²) in [5.74, 6) is -0.622. The zero-order valence-corrected chi connectivity index (χ0v) is 11.0. The maximum Gasteiger partial charge on any atom is 0.326 e. The predicted molar refractivity (Wildman–Crippen MR) is 71.3 cm³/mol. The van der Waals surface area contributed by atoms with Gasteiger partial charge in [-0.15, -0.1) is 0 Å². The second-order valence-corrected chi connectivity index (χ2v) is 3.93. The van der Waals surface area contributed by atoms with Crippen LogP contribution < -0.4 is 15.4 Å². The molecular weight excluding hydrogens is 248 g/mol. The Bertz CT molecular complexity index is 448. The number of carboxylic acid groups (broad SMARTS) is 1. The number of aliphatic carboxylic acids is 1. The van der Waals surface area contributed by atoms with Crippen LogP contribution in [0, 0.1) is 0 Å². The Morgan fingerprint density at radius 3 is 2.74 bits per heavy atom. The highest BCUT2D eigenvalue weighted by Gasteiger charge is 2.14. The molecule has 6 heteroatoms. The number of likely N-dealkylation sites (N-methyl/N-ethyl adjacent to an activating group) is 1.